The molecule has 0 aromatic heterocycles. The molecule has 5 heteroatoms. The van der Waals surface area contributed by atoms with Gasteiger partial charge in [-0.25, -0.2) is 0 Å². The van der Waals surface area contributed by atoms with E-state index in [2.05, 4.69) is 24.2 Å². The van der Waals surface area contributed by atoms with Crippen LogP contribution in [0.5, 0.6) is 11.5 Å². The highest BCUT2D eigenvalue weighted by molar-refractivity contribution is 8.14. The molecule has 0 amide bonds. The van der Waals surface area contributed by atoms with Crippen molar-refractivity contribution in [2.45, 2.75) is 32.4 Å². The molecule has 1 fully saturated rings. The van der Waals surface area contributed by atoms with Crippen LogP contribution >= 0.6 is 11.8 Å². The van der Waals surface area contributed by atoms with Gasteiger partial charge in [0.1, 0.15) is 0 Å². The lowest BCUT2D eigenvalue weighted by atomic mass is 10.0. The standard InChI is InChI=1S/C15H22N2O2S/c1-5-15(2)10-20-14(17-15)16-9-11-6-7-12(18-3)13(8-11)19-4/h6-8H,5,9-10H2,1-4H3,(H,16,17). The third kappa shape index (κ3) is 3.39. The Labute approximate surface area is 125 Å². The van der Waals surface area contributed by atoms with Crippen molar-refractivity contribution in [1.82, 2.24) is 5.32 Å². The van der Waals surface area contributed by atoms with E-state index in [9.17, 15) is 0 Å². The van der Waals surface area contributed by atoms with Gasteiger partial charge in [-0.1, -0.05) is 24.8 Å². The Balaban J connectivity index is 2.04. The van der Waals surface area contributed by atoms with Gasteiger partial charge in [-0.2, -0.15) is 0 Å². The summed E-state index contributed by atoms with van der Waals surface area (Å²) >= 11 is 1.79. The second-order valence-corrected chi connectivity index (χ2v) is 6.10. The summed E-state index contributed by atoms with van der Waals surface area (Å²) in [6.45, 7) is 5.08. The van der Waals surface area contributed by atoms with Crippen molar-refractivity contribution < 1.29 is 9.47 Å². The monoisotopic (exact) mass is 294 g/mol. The molecular weight excluding hydrogens is 272 g/mol. The van der Waals surface area contributed by atoms with E-state index in [1.807, 2.05) is 18.2 Å². The molecule has 0 spiro atoms. The number of hydrogen-bond acceptors (Lipinski definition) is 4. The molecule has 1 atom stereocenters. The van der Waals surface area contributed by atoms with Crippen molar-refractivity contribution in [3.05, 3.63) is 23.8 Å². The van der Waals surface area contributed by atoms with Gasteiger partial charge < -0.3 is 14.8 Å². The van der Waals surface area contributed by atoms with E-state index < -0.39 is 0 Å². The van der Waals surface area contributed by atoms with E-state index in [-0.39, 0.29) is 5.54 Å². The predicted octanol–water partition coefficient (Wildman–Crippen LogP) is 3.06. The van der Waals surface area contributed by atoms with Crippen LogP contribution in [0.2, 0.25) is 0 Å². The minimum atomic E-state index is 0.182. The van der Waals surface area contributed by atoms with Crippen molar-refractivity contribution in [1.29, 1.82) is 0 Å². The maximum absolute atomic E-state index is 5.30. The molecule has 20 heavy (non-hydrogen) atoms. The van der Waals surface area contributed by atoms with Crippen molar-refractivity contribution in [3.63, 3.8) is 0 Å². The minimum Gasteiger partial charge on any atom is -0.493 e. The molecule has 1 aromatic rings. The average Bonchev–Trinajstić information content (AvgIpc) is 2.87. The summed E-state index contributed by atoms with van der Waals surface area (Å²) in [7, 11) is 3.29. The van der Waals surface area contributed by atoms with Crippen LogP contribution in [-0.2, 0) is 6.54 Å². The van der Waals surface area contributed by atoms with Gasteiger partial charge in [0.2, 0.25) is 0 Å². The maximum Gasteiger partial charge on any atom is 0.161 e. The lowest BCUT2D eigenvalue weighted by Gasteiger charge is -2.20. The van der Waals surface area contributed by atoms with Crippen LogP contribution in [0.15, 0.2) is 23.2 Å². The smallest absolute Gasteiger partial charge is 0.161 e. The fourth-order valence-corrected chi connectivity index (χ4v) is 3.18. The van der Waals surface area contributed by atoms with Gasteiger partial charge in [0.25, 0.3) is 0 Å². The van der Waals surface area contributed by atoms with E-state index in [0.717, 1.165) is 34.4 Å². The van der Waals surface area contributed by atoms with Gasteiger partial charge in [0.15, 0.2) is 16.7 Å². The Bertz CT molecular complexity index is 505. The highest BCUT2D eigenvalue weighted by atomic mass is 32.2. The van der Waals surface area contributed by atoms with Crippen LogP contribution in [0.3, 0.4) is 0 Å². The second kappa shape index (κ2) is 6.39. The highest BCUT2D eigenvalue weighted by Crippen LogP contribution is 2.29. The predicted molar refractivity (Wildman–Crippen MR) is 85.0 cm³/mol. The Morgan fingerprint density at radius 2 is 2.05 bits per heavy atom. The molecule has 4 nitrogen and oxygen atoms in total. The third-order valence-electron chi connectivity index (χ3n) is 3.57. The lowest BCUT2D eigenvalue weighted by Crippen LogP contribution is -2.39. The zero-order valence-corrected chi connectivity index (χ0v) is 13.3. The van der Waals surface area contributed by atoms with Crippen LogP contribution in [-0.4, -0.2) is 30.7 Å². The molecule has 110 valence electrons. The molecule has 1 heterocycles. The maximum atomic E-state index is 5.30. The van der Waals surface area contributed by atoms with E-state index in [4.69, 9.17) is 9.47 Å². The molecular formula is C15H22N2O2S. The van der Waals surface area contributed by atoms with Gasteiger partial charge in [0, 0.05) is 11.3 Å². The van der Waals surface area contributed by atoms with Crippen LogP contribution in [0.4, 0.5) is 0 Å². The topological polar surface area (TPSA) is 42.9 Å². The number of benzene rings is 1. The quantitative estimate of drug-likeness (QED) is 0.906. The molecule has 1 unspecified atom stereocenters. The van der Waals surface area contributed by atoms with E-state index in [0.29, 0.717) is 6.54 Å². The van der Waals surface area contributed by atoms with E-state index in [1.54, 1.807) is 26.0 Å². The summed E-state index contributed by atoms with van der Waals surface area (Å²) < 4.78 is 10.5. The lowest BCUT2D eigenvalue weighted by molar-refractivity contribution is 0.354. The summed E-state index contributed by atoms with van der Waals surface area (Å²) in [6.07, 6.45) is 1.11. The highest BCUT2D eigenvalue weighted by Gasteiger charge is 2.30. The van der Waals surface area contributed by atoms with Crippen LogP contribution in [0.25, 0.3) is 0 Å². The van der Waals surface area contributed by atoms with E-state index >= 15 is 0 Å². The molecule has 0 saturated carbocycles. The average molecular weight is 294 g/mol. The molecule has 1 aliphatic heterocycles. The molecule has 1 N–H and O–H groups in total. The molecule has 1 aromatic carbocycles. The van der Waals surface area contributed by atoms with Gasteiger partial charge in [-0.15, -0.1) is 0 Å². The number of hydrogen-bond donors (Lipinski definition) is 1. The largest absolute Gasteiger partial charge is 0.493 e. The number of nitrogens with one attached hydrogen (secondary N) is 1. The Morgan fingerprint density at radius 3 is 2.65 bits per heavy atom. The number of methoxy groups -OCH3 is 2. The van der Waals surface area contributed by atoms with Gasteiger partial charge in [0.05, 0.1) is 20.8 Å². The summed E-state index contributed by atoms with van der Waals surface area (Å²) in [5, 5.41) is 4.53. The van der Waals surface area contributed by atoms with Crippen molar-refractivity contribution >= 4 is 16.9 Å². The third-order valence-corrected chi connectivity index (χ3v) is 4.86. The summed E-state index contributed by atoms with van der Waals surface area (Å²) in [6, 6.07) is 5.91. The molecule has 1 saturated heterocycles. The normalized spacial score (nSPS) is 23.7. The van der Waals surface area contributed by atoms with Gasteiger partial charge in [-0.3, -0.25) is 4.99 Å². The van der Waals surface area contributed by atoms with Crippen LogP contribution in [0.1, 0.15) is 25.8 Å². The first-order chi connectivity index (χ1) is 9.60. The first-order valence-corrected chi connectivity index (χ1v) is 7.75. The Hall–Kier alpha value is -1.36. The number of nitrogens with zero attached hydrogens (tertiary/aromatic N) is 1. The first kappa shape index (κ1) is 15.0. The first-order valence-electron chi connectivity index (χ1n) is 6.76. The molecule has 1 aliphatic rings. The van der Waals surface area contributed by atoms with Crippen molar-refractivity contribution in [3.8, 4) is 11.5 Å². The number of ether oxygens (including phenoxy) is 2. The fraction of sp³-hybridized carbons (Fsp3) is 0.533. The van der Waals surface area contributed by atoms with Gasteiger partial charge >= 0.3 is 0 Å². The fourth-order valence-electron chi connectivity index (χ4n) is 1.98. The Morgan fingerprint density at radius 1 is 1.30 bits per heavy atom. The van der Waals surface area contributed by atoms with Crippen molar-refractivity contribution in [2.75, 3.05) is 20.0 Å². The molecule has 2 rings (SSSR count). The van der Waals surface area contributed by atoms with Crippen LogP contribution < -0.4 is 14.8 Å². The van der Waals surface area contributed by atoms with Crippen molar-refractivity contribution in [2.24, 2.45) is 4.99 Å². The number of aliphatic imine (C=N–C) groups is 1. The molecule has 0 bridgehead atoms. The summed E-state index contributed by atoms with van der Waals surface area (Å²) in [5.74, 6) is 2.57. The Kier molecular flexibility index (Phi) is 4.81. The molecule has 0 radical (unpaired) electrons. The number of rotatable bonds is 5. The minimum absolute atomic E-state index is 0.182. The van der Waals surface area contributed by atoms with E-state index in [1.165, 1.54) is 0 Å². The number of thioether (sulfide) groups is 1. The summed E-state index contributed by atoms with van der Waals surface area (Å²) in [5.41, 5.74) is 1.30. The molecule has 0 aliphatic carbocycles. The number of amidine groups is 1. The zero-order chi connectivity index (χ0) is 14.6. The SMILES string of the molecule is CCC1(C)CSC(=NCc2ccc(OC)c(OC)c2)N1. The zero-order valence-electron chi connectivity index (χ0n) is 12.5. The second-order valence-electron chi connectivity index (χ2n) is 5.14. The van der Waals surface area contributed by atoms with Crippen LogP contribution in [0, 0.1) is 0 Å². The van der Waals surface area contributed by atoms with Gasteiger partial charge in [-0.05, 0) is 31.0 Å². The summed E-state index contributed by atoms with van der Waals surface area (Å²) in [4.78, 5) is 4.64.